The van der Waals surface area contributed by atoms with E-state index in [2.05, 4.69) is 22.0 Å². The molecule has 7 nitrogen and oxygen atoms in total. The number of fused-ring (bicyclic) bond motifs is 1. The van der Waals surface area contributed by atoms with Crippen molar-refractivity contribution in [3.05, 3.63) is 72.1 Å². The van der Waals surface area contributed by atoms with Gasteiger partial charge in [-0.1, -0.05) is 0 Å². The topological polar surface area (TPSA) is 98.2 Å². The van der Waals surface area contributed by atoms with E-state index in [0.29, 0.717) is 22.6 Å². The van der Waals surface area contributed by atoms with Crippen molar-refractivity contribution in [3.63, 3.8) is 0 Å². The molecule has 1 aliphatic rings. The standard InChI is InChI=1S/C18H14BrN3O4/c1-10-16(21-9-12(22(24)25)7-14(19)17(21)23)13-6-11(8-20)4-5-15(13)26-18(10,2)3/h4-7,9H,1-3H3. The largest absolute Gasteiger partial charge is 0.483 e. The molecule has 132 valence electrons. The van der Waals surface area contributed by atoms with Crippen LogP contribution in [0.2, 0.25) is 0 Å². The SMILES string of the molecule is CC1=C(n2cc([N+](=O)[O-])cc(Br)c2=O)c2cc(C#N)ccc2OC1(C)C. The third-order valence-corrected chi connectivity index (χ3v) is 4.97. The van der Waals surface area contributed by atoms with E-state index in [4.69, 9.17) is 4.74 Å². The van der Waals surface area contributed by atoms with Gasteiger partial charge in [-0.05, 0) is 60.5 Å². The number of hydrogen-bond acceptors (Lipinski definition) is 5. The average Bonchev–Trinajstić information content (AvgIpc) is 2.58. The van der Waals surface area contributed by atoms with Crippen molar-refractivity contribution in [2.24, 2.45) is 0 Å². The van der Waals surface area contributed by atoms with Gasteiger partial charge in [-0.3, -0.25) is 19.5 Å². The molecular weight excluding hydrogens is 402 g/mol. The summed E-state index contributed by atoms with van der Waals surface area (Å²) in [5.41, 5.74) is 0.741. The smallest absolute Gasteiger partial charge is 0.287 e. The van der Waals surface area contributed by atoms with Gasteiger partial charge in [0, 0.05) is 11.6 Å². The number of nitriles is 1. The van der Waals surface area contributed by atoms with Crippen molar-refractivity contribution in [3.8, 4) is 11.8 Å². The van der Waals surface area contributed by atoms with Crippen molar-refractivity contribution in [1.29, 1.82) is 5.26 Å². The Morgan fingerprint density at radius 2 is 2.04 bits per heavy atom. The molecule has 1 aromatic heterocycles. The van der Waals surface area contributed by atoms with E-state index in [1.165, 1.54) is 16.8 Å². The molecule has 0 N–H and O–H groups in total. The molecule has 0 fully saturated rings. The molecule has 2 heterocycles. The molecule has 8 heteroatoms. The number of rotatable bonds is 2. The van der Waals surface area contributed by atoms with Crippen LogP contribution >= 0.6 is 15.9 Å². The van der Waals surface area contributed by atoms with Crippen molar-refractivity contribution in [1.82, 2.24) is 4.57 Å². The Labute approximate surface area is 157 Å². The van der Waals surface area contributed by atoms with Crippen LogP contribution in [0.1, 0.15) is 31.9 Å². The van der Waals surface area contributed by atoms with Crippen LogP contribution in [-0.2, 0) is 0 Å². The molecule has 0 aliphatic carbocycles. The second-order valence-electron chi connectivity index (χ2n) is 6.39. The predicted octanol–water partition coefficient (Wildman–Crippen LogP) is 3.84. The third-order valence-electron chi connectivity index (χ3n) is 4.40. The molecule has 0 unspecified atom stereocenters. The second-order valence-corrected chi connectivity index (χ2v) is 7.24. The van der Waals surface area contributed by atoms with Crippen LogP contribution in [0.4, 0.5) is 5.69 Å². The highest BCUT2D eigenvalue weighted by Gasteiger charge is 2.34. The Kier molecular flexibility index (Phi) is 4.20. The summed E-state index contributed by atoms with van der Waals surface area (Å²) >= 11 is 3.10. The summed E-state index contributed by atoms with van der Waals surface area (Å²) in [6.45, 7) is 5.50. The van der Waals surface area contributed by atoms with Crippen molar-refractivity contribution < 1.29 is 9.66 Å². The Bertz CT molecular complexity index is 1080. The first kappa shape index (κ1) is 17.9. The normalized spacial score (nSPS) is 15.0. The highest BCUT2D eigenvalue weighted by atomic mass is 79.9. The lowest BCUT2D eigenvalue weighted by Gasteiger charge is -2.36. The minimum Gasteiger partial charge on any atom is -0.483 e. The van der Waals surface area contributed by atoms with E-state index < -0.39 is 16.1 Å². The molecule has 0 amide bonds. The Morgan fingerprint density at radius 3 is 2.65 bits per heavy atom. The zero-order valence-electron chi connectivity index (χ0n) is 14.2. The summed E-state index contributed by atoms with van der Waals surface area (Å²) in [6, 6.07) is 8.13. The fraction of sp³-hybridized carbons (Fsp3) is 0.222. The van der Waals surface area contributed by atoms with Crippen molar-refractivity contribution >= 4 is 27.3 Å². The summed E-state index contributed by atoms with van der Waals surface area (Å²) in [6.07, 6.45) is 1.19. The van der Waals surface area contributed by atoms with E-state index in [-0.39, 0.29) is 10.2 Å². The summed E-state index contributed by atoms with van der Waals surface area (Å²) in [5, 5.41) is 20.4. The molecule has 1 aromatic carbocycles. The number of ether oxygens (including phenoxy) is 1. The first-order chi connectivity index (χ1) is 12.2. The van der Waals surface area contributed by atoms with Gasteiger partial charge in [0.1, 0.15) is 11.4 Å². The van der Waals surface area contributed by atoms with Gasteiger partial charge in [0.15, 0.2) is 0 Å². The quantitative estimate of drug-likeness (QED) is 0.547. The van der Waals surface area contributed by atoms with Crippen LogP contribution in [0.15, 0.2) is 45.3 Å². The molecule has 0 spiro atoms. The van der Waals surface area contributed by atoms with Gasteiger partial charge < -0.3 is 4.74 Å². The third kappa shape index (κ3) is 2.80. The number of nitrogens with zero attached hydrogens (tertiary/aromatic N) is 3. The van der Waals surface area contributed by atoms with Gasteiger partial charge in [-0.2, -0.15) is 5.26 Å². The van der Waals surface area contributed by atoms with Crippen LogP contribution in [-0.4, -0.2) is 15.1 Å². The van der Waals surface area contributed by atoms with E-state index in [9.17, 15) is 20.2 Å². The Balaban J connectivity index is 2.42. The van der Waals surface area contributed by atoms with Gasteiger partial charge in [0.2, 0.25) is 0 Å². The van der Waals surface area contributed by atoms with Gasteiger partial charge in [-0.25, -0.2) is 0 Å². The molecule has 0 saturated carbocycles. The lowest BCUT2D eigenvalue weighted by atomic mass is 9.90. The van der Waals surface area contributed by atoms with Crippen LogP contribution in [0.5, 0.6) is 5.75 Å². The molecular formula is C18H14BrN3O4. The van der Waals surface area contributed by atoms with Crippen LogP contribution in [0, 0.1) is 21.4 Å². The highest BCUT2D eigenvalue weighted by Crippen LogP contribution is 2.41. The molecule has 3 rings (SSSR count). The molecule has 1 aliphatic heterocycles. The van der Waals surface area contributed by atoms with Crippen LogP contribution in [0.25, 0.3) is 5.70 Å². The molecule has 0 saturated heterocycles. The van der Waals surface area contributed by atoms with Gasteiger partial charge in [0.25, 0.3) is 11.2 Å². The zero-order valence-corrected chi connectivity index (χ0v) is 15.8. The number of benzene rings is 1. The predicted molar refractivity (Wildman–Crippen MR) is 98.9 cm³/mol. The number of aromatic nitrogens is 1. The zero-order chi connectivity index (χ0) is 19.2. The number of pyridine rings is 1. The molecule has 26 heavy (non-hydrogen) atoms. The summed E-state index contributed by atoms with van der Waals surface area (Å²) in [4.78, 5) is 23.4. The van der Waals surface area contributed by atoms with Crippen molar-refractivity contribution in [2.75, 3.05) is 0 Å². The lowest BCUT2D eigenvalue weighted by Crippen LogP contribution is -2.36. The maximum absolute atomic E-state index is 12.7. The van der Waals surface area contributed by atoms with Crippen molar-refractivity contribution in [2.45, 2.75) is 26.4 Å². The molecule has 0 radical (unpaired) electrons. The van der Waals surface area contributed by atoms with Crippen LogP contribution < -0.4 is 10.3 Å². The fourth-order valence-electron chi connectivity index (χ4n) is 2.82. The minimum absolute atomic E-state index is 0.0780. The number of halogens is 1. The second kappa shape index (κ2) is 6.11. The number of nitro groups is 1. The first-order valence-corrected chi connectivity index (χ1v) is 8.47. The van der Waals surface area contributed by atoms with Gasteiger partial charge in [0.05, 0.1) is 32.9 Å². The van der Waals surface area contributed by atoms with Crippen LogP contribution in [0.3, 0.4) is 0 Å². The maximum Gasteiger partial charge on any atom is 0.287 e. The Morgan fingerprint density at radius 1 is 1.35 bits per heavy atom. The highest BCUT2D eigenvalue weighted by molar-refractivity contribution is 9.10. The van der Waals surface area contributed by atoms with E-state index in [1.54, 1.807) is 25.1 Å². The summed E-state index contributed by atoms with van der Waals surface area (Å²) < 4.78 is 7.32. The minimum atomic E-state index is -0.729. The molecule has 2 aromatic rings. The monoisotopic (exact) mass is 415 g/mol. The van der Waals surface area contributed by atoms with Gasteiger partial charge >= 0.3 is 0 Å². The summed E-state index contributed by atoms with van der Waals surface area (Å²) in [7, 11) is 0. The molecule has 0 atom stereocenters. The van der Waals surface area contributed by atoms with E-state index in [0.717, 1.165) is 5.57 Å². The Hall–Kier alpha value is -2.92. The molecule has 0 bridgehead atoms. The van der Waals surface area contributed by atoms with E-state index in [1.807, 2.05) is 13.8 Å². The van der Waals surface area contributed by atoms with Gasteiger partial charge in [-0.15, -0.1) is 0 Å². The lowest BCUT2D eigenvalue weighted by molar-refractivity contribution is -0.385. The maximum atomic E-state index is 12.7. The summed E-state index contributed by atoms with van der Waals surface area (Å²) in [5.74, 6) is 0.504. The fourth-order valence-corrected chi connectivity index (χ4v) is 3.25. The van der Waals surface area contributed by atoms with E-state index >= 15 is 0 Å². The first-order valence-electron chi connectivity index (χ1n) is 7.67. The average molecular weight is 416 g/mol. The number of hydrogen-bond donors (Lipinski definition) is 0.